The molecule has 0 spiro atoms. The molecule has 0 unspecified atom stereocenters. The molecule has 1 heterocycles. The number of aliphatic hydroxyl groups excluding tert-OH is 1. The highest BCUT2D eigenvalue weighted by molar-refractivity contribution is 5.90. The van der Waals surface area contributed by atoms with Crippen molar-refractivity contribution in [3.8, 4) is 6.07 Å². The minimum Gasteiger partial charge on any atom is -0.396 e. The predicted octanol–water partition coefficient (Wildman–Crippen LogP) is 2.08. The van der Waals surface area contributed by atoms with Gasteiger partial charge in [0.2, 0.25) is 0 Å². The van der Waals surface area contributed by atoms with E-state index in [9.17, 15) is 10.1 Å². The fourth-order valence-electron chi connectivity index (χ4n) is 2.79. The number of carbonyl (C=O) groups excluding carboxylic acids is 1. The Hall–Kier alpha value is -2.10. The molecular weight excluding hydrogens is 282 g/mol. The Kier molecular flexibility index (Phi) is 5.75. The standard InChI is InChI=1S/C16H21N3O3/c1-22-11-12-4-5-14(9-13(12)10-17)18-16(21)19-7-2-3-15(19)6-8-20/h4-5,9,15,20H,2-3,6-8,11H2,1H3,(H,18,21)/t15-/m1/s1. The van der Waals surface area contributed by atoms with Gasteiger partial charge in [-0.05, 0) is 37.0 Å². The van der Waals surface area contributed by atoms with Crippen LogP contribution in [0.4, 0.5) is 10.5 Å². The normalized spacial score (nSPS) is 17.3. The van der Waals surface area contributed by atoms with E-state index < -0.39 is 0 Å². The number of aliphatic hydroxyl groups is 1. The number of hydrogen-bond donors (Lipinski definition) is 2. The summed E-state index contributed by atoms with van der Waals surface area (Å²) in [4.78, 5) is 14.1. The Morgan fingerprint density at radius 3 is 3.09 bits per heavy atom. The number of nitriles is 1. The molecule has 2 rings (SSSR count). The first kappa shape index (κ1) is 16.3. The van der Waals surface area contributed by atoms with Crippen LogP contribution in [-0.4, -0.2) is 42.3 Å². The highest BCUT2D eigenvalue weighted by Gasteiger charge is 2.28. The quantitative estimate of drug-likeness (QED) is 0.872. The maximum Gasteiger partial charge on any atom is 0.322 e. The Labute approximate surface area is 130 Å². The van der Waals surface area contributed by atoms with Gasteiger partial charge in [0.15, 0.2) is 0 Å². The van der Waals surface area contributed by atoms with Gasteiger partial charge in [0, 0.05) is 32.0 Å². The molecule has 1 fully saturated rings. The molecule has 22 heavy (non-hydrogen) atoms. The maximum absolute atomic E-state index is 12.3. The van der Waals surface area contributed by atoms with E-state index in [1.165, 1.54) is 0 Å². The third kappa shape index (κ3) is 3.75. The van der Waals surface area contributed by atoms with Crippen molar-refractivity contribution < 1.29 is 14.6 Å². The van der Waals surface area contributed by atoms with Crippen molar-refractivity contribution >= 4 is 11.7 Å². The average molecular weight is 303 g/mol. The van der Waals surface area contributed by atoms with E-state index >= 15 is 0 Å². The van der Waals surface area contributed by atoms with Gasteiger partial charge in [-0.3, -0.25) is 0 Å². The highest BCUT2D eigenvalue weighted by Crippen LogP contribution is 2.22. The summed E-state index contributed by atoms with van der Waals surface area (Å²) in [6, 6.07) is 7.23. The number of methoxy groups -OCH3 is 1. The average Bonchev–Trinajstić information content (AvgIpc) is 2.98. The third-order valence-corrected chi connectivity index (χ3v) is 3.88. The van der Waals surface area contributed by atoms with E-state index in [0.717, 1.165) is 18.4 Å². The van der Waals surface area contributed by atoms with Crippen LogP contribution in [0.2, 0.25) is 0 Å². The topological polar surface area (TPSA) is 85.6 Å². The van der Waals surface area contributed by atoms with E-state index in [0.29, 0.717) is 30.8 Å². The molecule has 1 aromatic carbocycles. The minimum absolute atomic E-state index is 0.0821. The van der Waals surface area contributed by atoms with Gasteiger partial charge < -0.3 is 20.1 Å². The number of amides is 2. The number of hydrogen-bond acceptors (Lipinski definition) is 4. The lowest BCUT2D eigenvalue weighted by Gasteiger charge is -2.24. The van der Waals surface area contributed by atoms with Gasteiger partial charge in [0.1, 0.15) is 0 Å². The molecular formula is C16H21N3O3. The zero-order chi connectivity index (χ0) is 15.9. The number of nitrogens with one attached hydrogen (secondary N) is 1. The molecule has 1 saturated heterocycles. The first-order chi connectivity index (χ1) is 10.7. The summed E-state index contributed by atoms with van der Waals surface area (Å²) >= 11 is 0. The first-order valence-corrected chi connectivity index (χ1v) is 7.40. The predicted molar refractivity (Wildman–Crippen MR) is 82.3 cm³/mol. The summed E-state index contributed by atoms with van der Waals surface area (Å²) in [7, 11) is 1.57. The lowest BCUT2D eigenvalue weighted by atomic mass is 10.1. The number of likely N-dealkylation sites (tertiary alicyclic amines) is 1. The fourth-order valence-corrected chi connectivity index (χ4v) is 2.79. The third-order valence-electron chi connectivity index (χ3n) is 3.88. The van der Waals surface area contributed by atoms with E-state index in [4.69, 9.17) is 9.84 Å². The van der Waals surface area contributed by atoms with Crippen molar-refractivity contribution in [3.05, 3.63) is 29.3 Å². The zero-order valence-corrected chi connectivity index (χ0v) is 12.7. The summed E-state index contributed by atoms with van der Waals surface area (Å²) in [5.74, 6) is 0. The number of urea groups is 1. The van der Waals surface area contributed by atoms with Crippen LogP contribution in [0.5, 0.6) is 0 Å². The Balaban J connectivity index is 2.07. The molecule has 2 amide bonds. The van der Waals surface area contributed by atoms with Crippen LogP contribution in [-0.2, 0) is 11.3 Å². The van der Waals surface area contributed by atoms with Gasteiger partial charge in [0.25, 0.3) is 0 Å². The summed E-state index contributed by atoms with van der Waals surface area (Å²) in [5.41, 5.74) is 1.88. The second kappa shape index (κ2) is 7.78. The molecule has 2 N–H and O–H groups in total. The maximum atomic E-state index is 12.3. The van der Waals surface area contributed by atoms with E-state index in [1.807, 2.05) is 0 Å². The van der Waals surface area contributed by atoms with Crippen LogP contribution in [0, 0.1) is 11.3 Å². The highest BCUT2D eigenvalue weighted by atomic mass is 16.5. The Morgan fingerprint density at radius 1 is 1.59 bits per heavy atom. The molecule has 6 heteroatoms. The second-order valence-electron chi connectivity index (χ2n) is 5.35. The Morgan fingerprint density at radius 2 is 2.41 bits per heavy atom. The summed E-state index contributed by atoms with van der Waals surface area (Å²) in [5, 5.41) is 21.1. The molecule has 0 radical (unpaired) electrons. The lowest BCUT2D eigenvalue weighted by molar-refractivity contribution is 0.184. The molecule has 1 aliphatic heterocycles. The molecule has 1 atom stereocenters. The first-order valence-electron chi connectivity index (χ1n) is 7.40. The lowest BCUT2D eigenvalue weighted by Crippen LogP contribution is -2.39. The van der Waals surface area contributed by atoms with Gasteiger partial charge in [-0.2, -0.15) is 5.26 Å². The van der Waals surface area contributed by atoms with Crippen LogP contribution in [0.1, 0.15) is 30.4 Å². The molecule has 1 aromatic rings. The van der Waals surface area contributed by atoms with E-state index in [-0.39, 0.29) is 18.7 Å². The smallest absolute Gasteiger partial charge is 0.322 e. The van der Waals surface area contributed by atoms with Crippen LogP contribution >= 0.6 is 0 Å². The molecule has 0 saturated carbocycles. The number of anilines is 1. The van der Waals surface area contributed by atoms with Crippen LogP contribution < -0.4 is 5.32 Å². The van der Waals surface area contributed by atoms with Gasteiger partial charge >= 0.3 is 6.03 Å². The monoisotopic (exact) mass is 303 g/mol. The minimum atomic E-state index is -0.181. The van der Waals surface area contributed by atoms with Crippen LogP contribution in [0.15, 0.2) is 18.2 Å². The van der Waals surface area contributed by atoms with Crippen molar-refractivity contribution in [2.75, 3.05) is 25.6 Å². The number of benzene rings is 1. The molecule has 0 aromatic heterocycles. The van der Waals surface area contributed by atoms with Crippen LogP contribution in [0.3, 0.4) is 0 Å². The number of ether oxygens (including phenoxy) is 1. The molecule has 0 bridgehead atoms. The summed E-state index contributed by atoms with van der Waals surface area (Å²) in [6.45, 7) is 1.14. The van der Waals surface area contributed by atoms with Gasteiger partial charge in [-0.1, -0.05) is 6.07 Å². The summed E-state index contributed by atoms with van der Waals surface area (Å²) < 4.78 is 5.04. The van der Waals surface area contributed by atoms with Gasteiger partial charge in [0.05, 0.1) is 18.2 Å². The largest absolute Gasteiger partial charge is 0.396 e. The van der Waals surface area contributed by atoms with Crippen LogP contribution in [0.25, 0.3) is 0 Å². The zero-order valence-electron chi connectivity index (χ0n) is 12.7. The molecule has 0 aliphatic carbocycles. The molecule has 1 aliphatic rings. The molecule has 118 valence electrons. The number of rotatable bonds is 5. The molecule has 6 nitrogen and oxygen atoms in total. The Bertz CT molecular complexity index is 568. The second-order valence-corrected chi connectivity index (χ2v) is 5.35. The van der Waals surface area contributed by atoms with Crippen molar-refractivity contribution in [2.45, 2.75) is 31.9 Å². The van der Waals surface area contributed by atoms with Gasteiger partial charge in [-0.15, -0.1) is 0 Å². The number of nitrogens with zero attached hydrogens (tertiary/aromatic N) is 2. The SMILES string of the molecule is COCc1ccc(NC(=O)N2CCC[C@@H]2CCO)cc1C#N. The van der Waals surface area contributed by atoms with E-state index in [1.54, 1.807) is 30.2 Å². The summed E-state index contributed by atoms with van der Waals surface area (Å²) in [6.07, 6.45) is 2.47. The fraction of sp³-hybridized carbons (Fsp3) is 0.500. The number of carbonyl (C=O) groups is 1. The van der Waals surface area contributed by atoms with E-state index in [2.05, 4.69) is 11.4 Å². The van der Waals surface area contributed by atoms with Crippen molar-refractivity contribution in [1.82, 2.24) is 4.90 Å². The van der Waals surface area contributed by atoms with Crippen molar-refractivity contribution in [1.29, 1.82) is 5.26 Å². The van der Waals surface area contributed by atoms with Crippen molar-refractivity contribution in [3.63, 3.8) is 0 Å². The van der Waals surface area contributed by atoms with Crippen molar-refractivity contribution in [2.24, 2.45) is 0 Å². The van der Waals surface area contributed by atoms with Gasteiger partial charge in [-0.25, -0.2) is 4.79 Å².